The monoisotopic (exact) mass is 304 g/mol. The second kappa shape index (κ2) is 6.14. The molecule has 1 aliphatic heterocycles. The predicted octanol–water partition coefficient (Wildman–Crippen LogP) is 3.32. The zero-order chi connectivity index (χ0) is 15.1. The fourth-order valence-corrected chi connectivity index (χ4v) is 6.07. The number of amides is 1. The average molecular weight is 304 g/mol. The number of nitrogens with two attached hydrogens (primary N) is 1. The van der Waals surface area contributed by atoms with Gasteiger partial charge in [-0.3, -0.25) is 4.79 Å². The molecule has 6 atom stereocenters. The fraction of sp³-hybridized carbons (Fsp3) is 0.947. The average Bonchev–Trinajstić information content (AvgIpc) is 3.23. The minimum atomic E-state index is 0.226. The molecule has 124 valence electrons. The van der Waals surface area contributed by atoms with Crippen molar-refractivity contribution < 1.29 is 4.79 Å². The smallest absolute Gasteiger partial charge is 0.225 e. The lowest BCUT2D eigenvalue weighted by Crippen LogP contribution is -2.43. The van der Waals surface area contributed by atoms with Gasteiger partial charge in [0.2, 0.25) is 5.91 Å². The molecule has 1 heterocycles. The molecule has 2 N–H and O–H groups in total. The summed E-state index contributed by atoms with van der Waals surface area (Å²) in [4.78, 5) is 15.2. The number of rotatable bonds is 3. The molecule has 6 unspecified atom stereocenters. The molecule has 0 aromatic carbocycles. The maximum Gasteiger partial charge on any atom is 0.225 e. The van der Waals surface area contributed by atoms with E-state index in [0.29, 0.717) is 11.9 Å². The number of hydrogen-bond acceptors (Lipinski definition) is 2. The maximum absolute atomic E-state index is 13.0. The molecule has 3 nitrogen and oxygen atoms in total. The standard InChI is InChI=1S/C19H32N2O/c20-17-4-1-3-15(11-17)19(22)21-8-2-5-18(21)12-16-10-13-6-7-14(16)9-13/h13-18H,1-12,20H2. The lowest BCUT2D eigenvalue weighted by atomic mass is 9.82. The quantitative estimate of drug-likeness (QED) is 0.869. The minimum absolute atomic E-state index is 0.226. The van der Waals surface area contributed by atoms with E-state index in [1.807, 2.05) is 0 Å². The van der Waals surface area contributed by atoms with Crippen LogP contribution < -0.4 is 5.73 Å². The minimum Gasteiger partial charge on any atom is -0.339 e. The number of nitrogens with zero attached hydrogens (tertiary/aromatic N) is 1. The molecule has 2 bridgehead atoms. The Morgan fingerprint density at radius 2 is 1.91 bits per heavy atom. The number of hydrogen-bond donors (Lipinski definition) is 1. The Labute approximate surface area is 135 Å². The van der Waals surface area contributed by atoms with Crippen molar-refractivity contribution in [2.75, 3.05) is 6.54 Å². The van der Waals surface area contributed by atoms with Crippen LogP contribution in [-0.2, 0) is 4.79 Å². The molecule has 3 saturated carbocycles. The summed E-state index contributed by atoms with van der Waals surface area (Å²) in [5, 5.41) is 0. The first-order chi connectivity index (χ1) is 10.7. The Kier molecular flexibility index (Phi) is 4.19. The number of fused-ring (bicyclic) bond motifs is 2. The molecular formula is C19H32N2O. The molecule has 0 aromatic rings. The van der Waals surface area contributed by atoms with Crippen LogP contribution in [0, 0.1) is 23.7 Å². The molecule has 22 heavy (non-hydrogen) atoms. The Morgan fingerprint density at radius 3 is 2.64 bits per heavy atom. The highest BCUT2D eigenvalue weighted by Gasteiger charge is 2.42. The van der Waals surface area contributed by atoms with E-state index in [4.69, 9.17) is 5.73 Å². The van der Waals surface area contributed by atoms with Gasteiger partial charge in [-0.15, -0.1) is 0 Å². The largest absolute Gasteiger partial charge is 0.339 e. The first-order valence-electron chi connectivity index (χ1n) is 9.76. The summed E-state index contributed by atoms with van der Waals surface area (Å²) in [6.45, 7) is 1.01. The molecule has 3 heteroatoms. The van der Waals surface area contributed by atoms with Gasteiger partial charge in [0.15, 0.2) is 0 Å². The van der Waals surface area contributed by atoms with Crippen molar-refractivity contribution in [2.24, 2.45) is 29.4 Å². The van der Waals surface area contributed by atoms with Crippen LogP contribution in [0.3, 0.4) is 0 Å². The van der Waals surface area contributed by atoms with Gasteiger partial charge in [-0.05, 0) is 75.5 Å². The Morgan fingerprint density at radius 1 is 1.00 bits per heavy atom. The van der Waals surface area contributed by atoms with Crippen LogP contribution in [0.1, 0.15) is 70.6 Å². The van der Waals surface area contributed by atoms with E-state index < -0.39 is 0 Å². The van der Waals surface area contributed by atoms with E-state index in [1.54, 1.807) is 0 Å². The van der Waals surface area contributed by atoms with E-state index in [-0.39, 0.29) is 12.0 Å². The molecule has 0 spiro atoms. The molecule has 0 aromatic heterocycles. The van der Waals surface area contributed by atoms with Crippen molar-refractivity contribution in [3.63, 3.8) is 0 Å². The fourth-order valence-electron chi connectivity index (χ4n) is 6.07. The Hall–Kier alpha value is -0.570. The summed E-state index contributed by atoms with van der Waals surface area (Å²) >= 11 is 0. The third kappa shape index (κ3) is 2.81. The van der Waals surface area contributed by atoms with Crippen molar-refractivity contribution in [2.45, 2.75) is 82.7 Å². The molecule has 4 fully saturated rings. The van der Waals surface area contributed by atoms with Gasteiger partial charge in [0.1, 0.15) is 0 Å². The van der Waals surface area contributed by atoms with Gasteiger partial charge in [0.25, 0.3) is 0 Å². The number of carbonyl (C=O) groups is 1. The maximum atomic E-state index is 13.0. The van der Waals surface area contributed by atoms with E-state index in [0.717, 1.165) is 50.0 Å². The number of likely N-dealkylation sites (tertiary alicyclic amines) is 1. The van der Waals surface area contributed by atoms with E-state index in [9.17, 15) is 4.79 Å². The Balaban J connectivity index is 1.37. The van der Waals surface area contributed by atoms with Crippen LogP contribution in [0.2, 0.25) is 0 Å². The van der Waals surface area contributed by atoms with E-state index in [1.165, 1.54) is 44.9 Å². The summed E-state index contributed by atoms with van der Waals surface area (Å²) in [5.41, 5.74) is 6.10. The first-order valence-corrected chi connectivity index (χ1v) is 9.76. The molecule has 3 aliphatic carbocycles. The van der Waals surface area contributed by atoms with Gasteiger partial charge >= 0.3 is 0 Å². The first kappa shape index (κ1) is 15.0. The van der Waals surface area contributed by atoms with Crippen molar-refractivity contribution in [3.8, 4) is 0 Å². The van der Waals surface area contributed by atoms with Gasteiger partial charge in [-0.1, -0.05) is 12.8 Å². The molecule has 4 rings (SSSR count). The summed E-state index contributed by atoms with van der Waals surface area (Å²) in [7, 11) is 0. The summed E-state index contributed by atoms with van der Waals surface area (Å²) in [6.07, 6.45) is 13.9. The highest BCUT2D eigenvalue weighted by molar-refractivity contribution is 5.79. The number of carbonyl (C=O) groups excluding carboxylic acids is 1. The predicted molar refractivity (Wildman–Crippen MR) is 88.2 cm³/mol. The highest BCUT2D eigenvalue weighted by Crippen LogP contribution is 2.50. The van der Waals surface area contributed by atoms with Gasteiger partial charge in [-0.2, -0.15) is 0 Å². The van der Waals surface area contributed by atoms with Crippen LogP contribution >= 0.6 is 0 Å². The molecule has 0 radical (unpaired) electrons. The van der Waals surface area contributed by atoms with Crippen LogP contribution in [0.25, 0.3) is 0 Å². The highest BCUT2D eigenvalue weighted by atomic mass is 16.2. The van der Waals surface area contributed by atoms with Crippen LogP contribution in [0.15, 0.2) is 0 Å². The van der Waals surface area contributed by atoms with Gasteiger partial charge in [-0.25, -0.2) is 0 Å². The van der Waals surface area contributed by atoms with Crippen molar-refractivity contribution in [3.05, 3.63) is 0 Å². The van der Waals surface area contributed by atoms with Gasteiger partial charge in [0, 0.05) is 24.5 Å². The summed E-state index contributed by atoms with van der Waals surface area (Å²) < 4.78 is 0. The lowest BCUT2D eigenvalue weighted by molar-refractivity contribution is -0.138. The SMILES string of the molecule is NC1CCCC(C(=O)N2CCCC2CC2CC3CCC2C3)C1. The van der Waals surface area contributed by atoms with E-state index in [2.05, 4.69) is 4.90 Å². The topological polar surface area (TPSA) is 46.3 Å². The molecule has 4 aliphatic rings. The zero-order valence-electron chi connectivity index (χ0n) is 13.9. The molecular weight excluding hydrogens is 272 g/mol. The van der Waals surface area contributed by atoms with Gasteiger partial charge < -0.3 is 10.6 Å². The zero-order valence-corrected chi connectivity index (χ0v) is 13.9. The third-order valence-corrected chi connectivity index (χ3v) is 7.18. The normalized spacial score (nSPS) is 44.7. The molecule has 1 amide bonds. The van der Waals surface area contributed by atoms with Crippen LogP contribution in [0.5, 0.6) is 0 Å². The van der Waals surface area contributed by atoms with E-state index >= 15 is 0 Å². The second-order valence-corrected chi connectivity index (χ2v) is 8.62. The second-order valence-electron chi connectivity index (χ2n) is 8.62. The van der Waals surface area contributed by atoms with Crippen molar-refractivity contribution in [1.82, 2.24) is 4.90 Å². The van der Waals surface area contributed by atoms with Gasteiger partial charge in [0.05, 0.1) is 0 Å². The van der Waals surface area contributed by atoms with Crippen molar-refractivity contribution in [1.29, 1.82) is 0 Å². The Bertz CT molecular complexity index is 424. The third-order valence-electron chi connectivity index (χ3n) is 7.18. The lowest BCUT2D eigenvalue weighted by Gasteiger charge is -2.34. The summed E-state index contributed by atoms with van der Waals surface area (Å²) in [6, 6.07) is 0.810. The van der Waals surface area contributed by atoms with Crippen molar-refractivity contribution >= 4 is 5.91 Å². The summed E-state index contributed by atoms with van der Waals surface area (Å²) in [5.74, 6) is 3.61. The van der Waals surface area contributed by atoms with Crippen LogP contribution in [-0.4, -0.2) is 29.4 Å². The van der Waals surface area contributed by atoms with Crippen LogP contribution in [0.4, 0.5) is 0 Å². The molecule has 1 saturated heterocycles.